The van der Waals surface area contributed by atoms with Gasteiger partial charge in [-0.2, -0.15) is 0 Å². The molecule has 0 amide bonds. The maximum absolute atomic E-state index is 12.2. The molecule has 0 rings (SSSR count). The van der Waals surface area contributed by atoms with E-state index in [4.69, 9.17) is 35.2 Å². The minimum Gasteiger partial charge on any atom is -0.480 e. The monoisotopic (exact) mass is 641 g/mol. The molecule has 43 heavy (non-hydrogen) atoms. The lowest BCUT2D eigenvalue weighted by Crippen LogP contribution is -2.33. The van der Waals surface area contributed by atoms with E-state index < -0.39 is 51.1 Å². The molecule has 0 aromatic rings. The highest BCUT2D eigenvalue weighted by Crippen LogP contribution is 2.35. The number of nitrogens with two attached hydrogens (primary N) is 1. The number of hydrogen-bond donors (Lipinski definition) is 5. The van der Waals surface area contributed by atoms with Crippen molar-refractivity contribution in [1.82, 2.24) is 0 Å². The van der Waals surface area contributed by atoms with Crippen molar-refractivity contribution in [3.63, 3.8) is 0 Å². The number of unbranched alkanes of at least 4 members (excludes halogenated alkanes) is 16. The van der Waals surface area contributed by atoms with E-state index in [0.717, 1.165) is 38.5 Å². The zero-order chi connectivity index (χ0) is 32.8. The summed E-state index contributed by atoms with van der Waals surface area (Å²) >= 11 is 0. The van der Waals surface area contributed by atoms with Gasteiger partial charge < -0.3 is 35.2 Å². The van der Waals surface area contributed by atoms with Gasteiger partial charge in [0, 0.05) is 12.8 Å². The van der Waals surface area contributed by atoms with Crippen LogP contribution in [0.1, 0.15) is 142 Å². The Morgan fingerprint density at radius 2 is 1.07 bits per heavy atom. The van der Waals surface area contributed by atoms with Gasteiger partial charge in [-0.15, -0.1) is 0 Å². The number of carbonyl (C=O) groups excluding carboxylic acids is 2. The molecule has 0 aliphatic rings. The van der Waals surface area contributed by atoms with Gasteiger partial charge in [0.1, 0.15) is 12.6 Å². The van der Waals surface area contributed by atoms with Crippen molar-refractivity contribution < 1.29 is 52.9 Å². The molecule has 0 spiro atoms. The molecule has 12 nitrogen and oxygen atoms in total. The van der Waals surface area contributed by atoms with Crippen LogP contribution >= 0.6 is 7.82 Å². The Morgan fingerprint density at radius 1 is 0.674 bits per heavy atom. The van der Waals surface area contributed by atoms with Crippen LogP contribution in [0.25, 0.3) is 0 Å². The summed E-state index contributed by atoms with van der Waals surface area (Å²) in [4.78, 5) is 51.8. The number of carbonyl (C=O) groups is 3. The van der Waals surface area contributed by atoms with Gasteiger partial charge in [0.05, 0.1) is 13.2 Å². The van der Waals surface area contributed by atoms with E-state index in [2.05, 4.69) is 18.4 Å². The number of rotatable bonds is 28. The van der Waals surface area contributed by atoms with Gasteiger partial charge in [-0.05, 0) is 12.8 Å². The maximum atomic E-state index is 12.2. The third-order valence-corrected chi connectivity index (χ3v) is 7.13. The van der Waals surface area contributed by atoms with Crippen LogP contribution in [0.15, 0.2) is 0 Å². The molecule has 0 aromatic heterocycles. The third-order valence-electron chi connectivity index (χ3n) is 6.64. The number of aliphatic carboxylic acids is 1. The minimum absolute atomic E-state index is 0.217. The van der Waals surface area contributed by atoms with Gasteiger partial charge in [-0.3, -0.25) is 18.9 Å². The number of ether oxygens (including phenoxy) is 2. The molecular weight excluding hydrogens is 581 g/mol. The first-order chi connectivity index (χ1) is 20.5. The predicted molar refractivity (Wildman–Crippen MR) is 165 cm³/mol. The zero-order valence-electron chi connectivity index (χ0n) is 26.6. The Balaban J connectivity index is 0. The standard InChI is InChI=1S/C27H53O8P.C3H7NO3/c1-3-5-7-9-11-13-15-17-19-21-26(28)33-23-25(24-34-36(30,31)32)35-27(29)22-20-18-16-14-12-10-8-6-4-2;4-2(1-5)3(6)7/h25H,3-24H2,1-2H3,(H2,30,31,32);2,5H,1,4H2,(H,6,7). The van der Waals surface area contributed by atoms with E-state index in [9.17, 15) is 18.9 Å². The van der Waals surface area contributed by atoms with Gasteiger partial charge in [-0.25, -0.2) is 4.57 Å². The van der Waals surface area contributed by atoms with E-state index in [0.29, 0.717) is 6.42 Å². The van der Waals surface area contributed by atoms with Gasteiger partial charge in [0.25, 0.3) is 0 Å². The number of aliphatic hydroxyl groups is 1. The highest BCUT2D eigenvalue weighted by atomic mass is 31.2. The van der Waals surface area contributed by atoms with E-state index >= 15 is 0 Å². The molecule has 0 aromatic carbocycles. The number of esters is 2. The predicted octanol–water partition coefficient (Wildman–Crippen LogP) is 5.78. The van der Waals surface area contributed by atoms with Crippen LogP contribution in [-0.4, -0.2) is 69.9 Å². The summed E-state index contributed by atoms with van der Waals surface area (Å²) in [5, 5.41) is 15.9. The molecule has 6 N–H and O–H groups in total. The Hall–Kier alpha value is -1.56. The second-order valence-corrected chi connectivity index (χ2v) is 12.1. The van der Waals surface area contributed by atoms with Crippen molar-refractivity contribution in [2.75, 3.05) is 19.8 Å². The van der Waals surface area contributed by atoms with Crippen LogP contribution in [0.4, 0.5) is 0 Å². The maximum Gasteiger partial charge on any atom is 0.469 e. The molecule has 13 heteroatoms. The Morgan fingerprint density at radius 3 is 1.42 bits per heavy atom. The summed E-state index contributed by atoms with van der Waals surface area (Å²) in [5.74, 6) is -2.07. The lowest BCUT2D eigenvalue weighted by atomic mass is 10.1. The fourth-order valence-corrected chi connectivity index (χ4v) is 4.40. The molecule has 2 atom stereocenters. The van der Waals surface area contributed by atoms with E-state index in [-0.39, 0.29) is 19.4 Å². The van der Waals surface area contributed by atoms with E-state index in [1.165, 1.54) is 70.6 Å². The first-order valence-corrected chi connectivity index (χ1v) is 17.6. The first-order valence-electron chi connectivity index (χ1n) is 16.1. The molecule has 0 aliphatic heterocycles. The van der Waals surface area contributed by atoms with Crippen molar-refractivity contribution in [2.24, 2.45) is 5.73 Å². The highest BCUT2D eigenvalue weighted by Gasteiger charge is 2.22. The smallest absolute Gasteiger partial charge is 0.469 e. The van der Waals surface area contributed by atoms with Crippen molar-refractivity contribution in [3.8, 4) is 0 Å². The molecule has 0 heterocycles. The SMILES string of the molecule is CCCCCCCCCCCC(=O)OCC(COP(=O)(O)O)OC(=O)CCCCCCCCCCC.NC(CO)C(=O)O. The van der Waals surface area contributed by atoms with Gasteiger partial charge in [0.2, 0.25) is 0 Å². The molecule has 0 aliphatic carbocycles. The van der Waals surface area contributed by atoms with Crippen molar-refractivity contribution in [3.05, 3.63) is 0 Å². The van der Waals surface area contributed by atoms with Crippen LogP contribution < -0.4 is 5.73 Å². The first kappa shape index (κ1) is 43.6. The molecule has 2 unspecified atom stereocenters. The molecule has 256 valence electrons. The van der Waals surface area contributed by atoms with E-state index in [1.807, 2.05) is 0 Å². The Kier molecular flexibility index (Phi) is 30.9. The van der Waals surface area contributed by atoms with Crippen LogP contribution in [-0.2, 0) is 32.9 Å². The summed E-state index contributed by atoms with van der Waals surface area (Å²) in [6, 6.07) is -1.13. The highest BCUT2D eigenvalue weighted by molar-refractivity contribution is 7.46. The zero-order valence-corrected chi connectivity index (χ0v) is 27.5. The molecular formula is C30H60NO11P. The Labute approximate surface area is 258 Å². The van der Waals surface area contributed by atoms with Gasteiger partial charge in [-0.1, -0.05) is 117 Å². The quantitative estimate of drug-likeness (QED) is 0.0392. The summed E-state index contributed by atoms with van der Waals surface area (Å²) in [5.41, 5.74) is 4.77. The fraction of sp³-hybridized carbons (Fsp3) is 0.900. The summed E-state index contributed by atoms with van der Waals surface area (Å²) in [6.45, 7) is 3.09. The topological polar surface area (TPSA) is 203 Å². The molecule has 0 bridgehead atoms. The summed E-state index contributed by atoms with van der Waals surface area (Å²) in [6.07, 6.45) is 19.9. The lowest BCUT2D eigenvalue weighted by Gasteiger charge is -2.18. The minimum atomic E-state index is -4.72. The number of phosphoric ester groups is 1. The van der Waals surface area contributed by atoms with Gasteiger partial charge >= 0.3 is 25.7 Å². The van der Waals surface area contributed by atoms with E-state index in [1.54, 1.807) is 0 Å². The molecule has 0 saturated carbocycles. The number of hydrogen-bond acceptors (Lipinski definition) is 9. The summed E-state index contributed by atoms with van der Waals surface area (Å²) < 4.78 is 26.0. The van der Waals surface area contributed by atoms with Crippen LogP contribution in [0.2, 0.25) is 0 Å². The lowest BCUT2D eigenvalue weighted by molar-refractivity contribution is -0.161. The van der Waals surface area contributed by atoms with Gasteiger partial charge in [0.15, 0.2) is 6.10 Å². The number of phosphoric acid groups is 1. The second kappa shape index (κ2) is 30.5. The number of carboxylic acids is 1. The fourth-order valence-electron chi connectivity index (χ4n) is 4.04. The molecule has 0 fully saturated rings. The average Bonchev–Trinajstić information content (AvgIpc) is 2.96. The Bertz CT molecular complexity index is 733. The average molecular weight is 642 g/mol. The van der Waals surface area contributed by atoms with Crippen LogP contribution in [0, 0.1) is 0 Å². The second-order valence-electron chi connectivity index (χ2n) is 10.9. The largest absolute Gasteiger partial charge is 0.480 e. The summed E-state index contributed by atoms with van der Waals surface area (Å²) in [7, 11) is -4.72. The third kappa shape index (κ3) is 34.8. The van der Waals surface area contributed by atoms with Crippen molar-refractivity contribution >= 4 is 25.7 Å². The molecule has 0 radical (unpaired) electrons. The number of carboxylic acid groups (broad SMARTS) is 1. The normalized spacial score (nSPS) is 12.6. The van der Waals surface area contributed by atoms with Crippen molar-refractivity contribution in [2.45, 2.75) is 154 Å². The van der Waals surface area contributed by atoms with Crippen molar-refractivity contribution in [1.29, 1.82) is 0 Å². The van der Waals surface area contributed by atoms with Crippen LogP contribution in [0.3, 0.4) is 0 Å². The molecule has 0 saturated heterocycles. The van der Waals surface area contributed by atoms with Crippen LogP contribution in [0.5, 0.6) is 0 Å². The number of aliphatic hydroxyl groups excluding tert-OH is 1.